The second-order valence-corrected chi connectivity index (χ2v) is 6.74. The number of thiol groups is 2. The third-order valence-corrected chi connectivity index (χ3v) is 5.41. The Kier molecular flexibility index (Phi) is 4.83. The maximum absolute atomic E-state index is 12.5. The van der Waals surface area contributed by atoms with E-state index >= 15 is 0 Å². The molecule has 0 fully saturated rings. The van der Waals surface area contributed by atoms with Gasteiger partial charge in [-0.3, -0.25) is 4.79 Å². The molecule has 0 unspecified atom stereocenters. The molecule has 0 aliphatic rings. The molecule has 0 N–H and O–H groups in total. The number of rotatable bonds is 3. The van der Waals surface area contributed by atoms with E-state index in [0.29, 0.717) is 11.1 Å². The van der Waals surface area contributed by atoms with E-state index in [-0.39, 0.29) is 5.78 Å². The molecule has 3 rings (SSSR count). The Morgan fingerprint density at radius 3 is 2.00 bits per heavy atom. The predicted octanol–water partition coefficient (Wildman–Crippen LogP) is 5.78. The van der Waals surface area contributed by atoms with Crippen molar-refractivity contribution >= 4 is 31.0 Å². The van der Waals surface area contributed by atoms with Gasteiger partial charge in [0.2, 0.25) is 0 Å². The normalized spacial score (nSPS) is 10.7. The molecule has 24 heavy (non-hydrogen) atoms. The molecule has 0 heterocycles. The first kappa shape index (κ1) is 16.9. The van der Waals surface area contributed by atoms with Crippen LogP contribution in [0.5, 0.6) is 0 Å². The summed E-state index contributed by atoms with van der Waals surface area (Å²) in [4.78, 5) is 14.4. The zero-order chi connectivity index (χ0) is 17.3. The van der Waals surface area contributed by atoms with Crippen molar-refractivity contribution in [1.29, 1.82) is 0 Å². The van der Waals surface area contributed by atoms with Crippen molar-refractivity contribution in [3.05, 3.63) is 82.9 Å². The SMILES string of the molecule is Cc1c(S)cc(-c2ccc(C(=O)c3ccccc3)cc2)c(C)c1S. The van der Waals surface area contributed by atoms with Crippen LogP contribution in [-0.2, 0) is 0 Å². The zero-order valence-electron chi connectivity index (χ0n) is 13.6. The highest BCUT2D eigenvalue weighted by Gasteiger charge is 2.12. The summed E-state index contributed by atoms with van der Waals surface area (Å²) in [6, 6.07) is 19.1. The van der Waals surface area contributed by atoms with E-state index in [4.69, 9.17) is 0 Å². The average Bonchev–Trinajstić information content (AvgIpc) is 2.63. The standard InChI is InChI=1S/C21H18OS2/c1-13-18(12-19(23)14(2)21(13)24)15-8-10-17(11-9-15)20(22)16-6-4-3-5-7-16/h3-12,23-24H,1-2H3. The van der Waals surface area contributed by atoms with E-state index in [1.807, 2.05) is 61.5 Å². The highest BCUT2D eigenvalue weighted by Crippen LogP contribution is 2.34. The lowest BCUT2D eigenvalue weighted by molar-refractivity contribution is 0.103. The van der Waals surface area contributed by atoms with E-state index < -0.39 is 0 Å². The van der Waals surface area contributed by atoms with Crippen LogP contribution >= 0.6 is 25.3 Å². The quantitative estimate of drug-likeness (QED) is 0.452. The fourth-order valence-corrected chi connectivity index (χ4v) is 3.31. The van der Waals surface area contributed by atoms with Crippen molar-refractivity contribution in [2.75, 3.05) is 0 Å². The highest BCUT2D eigenvalue weighted by molar-refractivity contribution is 7.81. The van der Waals surface area contributed by atoms with Crippen molar-refractivity contribution < 1.29 is 4.79 Å². The number of benzene rings is 3. The van der Waals surface area contributed by atoms with Crippen LogP contribution in [0.2, 0.25) is 0 Å². The molecule has 3 heteroatoms. The molecule has 0 aromatic heterocycles. The Morgan fingerprint density at radius 1 is 0.792 bits per heavy atom. The zero-order valence-corrected chi connectivity index (χ0v) is 15.4. The lowest BCUT2D eigenvalue weighted by atomic mass is 9.96. The van der Waals surface area contributed by atoms with E-state index in [9.17, 15) is 4.79 Å². The van der Waals surface area contributed by atoms with Crippen molar-refractivity contribution in [3.63, 3.8) is 0 Å². The van der Waals surface area contributed by atoms with Gasteiger partial charge >= 0.3 is 0 Å². The van der Waals surface area contributed by atoms with Gasteiger partial charge in [-0.1, -0.05) is 54.6 Å². The highest BCUT2D eigenvalue weighted by atomic mass is 32.1. The van der Waals surface area contributed by atoms with Crippen molar-refractivity contribution in [1.82, 2.24) is 0 Å². The van der Waals surface area contributed by atoms with Gasteiger partial charge in [-0.25, -0.2) is 0 Å². The van der Waals surface area contributed by atoms with Crippen LogP contribution in [0.1, 0.15) is 27.0 Å². The second kappa shape index (κ2) is 6.88. The summed E-state index contributed by atoms with van der Waals surface area (Å²) < 4.78 is 0. The molecule has 0 spiro atoms. The summed E-state index contributed by atoms with van der Waals surface area (Å²) in [5.74, 6) is 0.0348. The smallest absolute Gasteiger partial charge is 0.193 e. The first-order valence-corrected chi connectivity index (χ1v) is 8.61. The average molecular weight is 351 g/mol. The van der Waals surface area contributed by atoms with Gasteiger partial charge < -0.3 is 0 Å². The summed E-state index contributed by atoms with van der Waals surface area (Å²) in [6.07, 6.45) is 0. The van der Waals surface area contributed by atoms with Gasteiger partial charge in [0.15, 0.2) is 5.78 Å². The largest absolute Gasteiger partial charge is 0.289 e. The van der Waals surface area contributed by atoms with Gasteiger partial charge in [0.25, 0.3) is 0 Å². The summed E-state index contributed by atoms with van der Waals surface area (Å²) in [5, 5.41) is 0. The second-order valence-electron chi connectivity index (χ2n) is 5.81. The molecule has 0 amide bonds. The van der Waals surface area contributed by atoms with Crippen LogP contribution < -0.4 is 0 Å². The molecule has 0 atom stereocenters. The monoisotopic (exact) mass is 350 g/mol. The summed E-state index contributed by atoms with van der Waals surface area (Å²) in [6.45, 7) is 4.07. The number of carbonyl (C=O) groups is 1. The Bertz CT molecular complexity index is 897. The van der Waals surface area contributed by atoms with E-state index in [1.54, 1.807) is 0 Å². The Morgan fingerprint density at radius 2 is 1.38 bits per heavy atom. The van der Waals surface area contributed by atoms with Gasteiger partial charge in [0.1, 0.15) is 0 Å². The van der Waals surface area contributed by atoms with Crippen LogP contribution in [0.15, 0.2) is 70.5 Å². The van der Waals surface area contributed by atoms with E-state index in [1.165, 1.54) is 0 Å². The van der Waals surface area contributed by atoms with Gasteiger partial charge in [0.05, 0.1) is 0 Å². The number of carbonyl (C=O) groups excluding carboxylic acids is 1. The number of hydrogen-bond acceptors (Lipinski definition) is 3. The summed E-state index contributed by atoms with van der Waals surface area (Å²) in [7, 11) is 0. The third-order valence-electron chi connectivity index (χ3n) is 4.27. The predicted molar refractivity (Wildman–Crippen MR) is 106 cm³/mol. The van der Waals surface area contributed by atoms with Crippen molar-refractivity contribution in [2.24, 2.45) is 0 Å². The molecule has 120 valence electrons. The lowest BCUT2D eigenvalue weighted by Crippen LogP contribution is -2.00. The van der Waals surface area contributed by atoms with Crippen LogP contribution in [0.3, 0.4) is 0 Å². The Labute approximate surface area is 153 Å². The first-order valence-electron chi connectivity index (χ1n) is 7.71. The molecule has 0 radical (unpaired) electrons. The minimum absolute atomic E-state index is 0.0348. The molecule has 0 saturated carbocycles. The van der Waals surface area contributed by atoms with Gasteiger partial charge in [0, 0.05) is 20.9 Å². The van der Waals surface area contributed by atoms with Crippen LogP contribution in [0.4, 0.5) is 0 Å². The van der Waals surface area contributed by atoms with Crippen LogP contribution in [0, 0.1) is 13.8 Å². The lowest BCUT2D eigenvalue weighted by Gasteiger charge is -2.13. The van der Waals surface area contributed by atoms with E-state index in [0.717, 1.165) is 32.0 Å². The van der Waals surface area contributed by atoms with Crippen molar-refractivity contribution in [2.45, 2.75) is 23.6 Å². The molecule has 0 aliphatic carbocycles. The number of hydrogen-bond donors (Lipinski definition) is 2. The van der Waals surface area contributed by atoms with Gasteiger partial charge in [-0.15, -0.1) is 25.3 Å². The molecule has 0 aliphatic heterocycles. The van der Waals surface area contributed by atoms with Gasteiger partial charge in [-0.05, 0) is 42.2 Å². The molecule has 1 nitrogen and oxygen atoms in total. The minimum Gasteiger partial charge on any atom is -0.289 e. The topological polar surface area (TPSA) is 17.1 Å². The molecule has 3 aromatic carbocycles. The summed E-state index contributed by atoms with van der Waals surface area (Å²) in [5.41, 5.74) is 5.74. The maximum atomic E-state index is 12.5. The van der Waals surface area contributed by atoms with Crippen molar-refractivity contribution in [3.8, 4) is 11.1 Å². The molecule has 0 bridgehead atoms. The van der Waals surface area contributed by atoms with E-state index in [2.05, 4.69) is 38.2 Å². The molecular weight excluding hydrogens is 332 g/mol. The first-order chi connectivity index (χ1) is 11.5. The number of ketones is 1. The maximum Gasteiger partial charge on any atom is 0.193 e. The fourth-order valence-electron chi connectivity index (χ4n) is 2.74. The van der Waals surface area contributed by atoms with Crippen LogP contribution in [-0.4, -0.2) is 5.78 Å². The molecule has 0 saturated heterocycles. The fraction of sp³-hybridized carbons (Fsp3) is 0.0952. The van der Waals surface area contributed by atoms with Gasteiger partial charge in [-0.2, -0.15) is 0 Å². The molecular formula is C21H18OS2. The summed E-state index contributed by atoms with van der Waals surface area (Å²) >= 11 is 9.13. The Hall–Kier alpha value is -1.97. The Balaban J connectivity index is 1.98. The van der Waals surface area contributed by atoms with Crippen LogP contribution in [0.25, 0.3) is 11.1 Å². The minimum atomic E-state index is 0.0348. The third kappa shape index (κ3) is 3.14. The molecule has 3 aromatic rings.